The van der Waals surface area contributed by atoms with E-state index in [0.717, 1.165) is 18.4 Å². The third-order valence-electron chi connectivity index (χ3n) is 4.13. The first-order valence-electron chi connectivity index (χ1n) is 9.17. The van der Waals surface area contributed by atoms with Gasteiger partial charge < -0.3 is 15.0 Å². The molecule has 0 spiro atoms. The molecule has 0 aliphatic rings. The first-order chi connectivity index (χ1) is 13.0. The fourth-order valence-electron chi connectivity index (χ4n) is 2.76. The molecule has 0 aliphatic carbocycles. The number of nitrogens with one attached hydrogen (secondary N) is 2. The highest BCUT2D eigenvalue weighted by molar-refractivity contribution is 7.71. The Morgan fingerprint density at radius 1 is 1.19 bits per heavy atom. The SMILES string of the molecule is CCOC(=O)CCNC(=O)CCCCCn1c(=S)[nH]c2ccccc2c1=O. The van der Waals surface area contributed by atoms with E-state index in [4.69, 9.17) is 17.0 Å². The van der Waals surface area contributed by atoms with E-state index in [0.29, 0.717) is 42.7 Å². The van der Waals surface area contributed by atoms with Gasteiger partial charge in [0.25, 0.3) is 5.56 Å². The van der Waals surface area contributed by atoms with Crippen LogP contribution in [0.5, 0.6) is 0 Å². The standard InChI is InChI=1S/C19H25N3O4S/c1-2-26-17(24)11-12-20-16(23)10-4-3-7-13-22-18(25)14-8-5-6-9-15(14)21-19(22)27/h5-6,8-9H,2-4,7,10-13H2,1H3,(H,20,23)(H,21,27). The summed E-state index contributed by atoms with van der Waals surface area (Å²) in [4.78, 5) is 38.5. The van der Waals surface area contributed by atoms with Gasteiger partial charge in [0.15, 0.2) is 4.77 Å². The van der Waals surface area contributed by atoms with E-state index in [9.17, 15) is 14.4 Å². The van der Waals surface area contributed by atoms with Gasteiger partial charge in [0, 0.05) is 19.5 Å². The molecule has 0 radical (unpaired) electrons. The van der Waals surface area contributed by atoms with E-state index in [1.165, 1.54) is 0 Å². The second-order valence-corrected chi connectivity index (χ2v) is 6.53. The molecule has 27 heavy (non-hydrogen) atoms. The third kappa shape index (κ3) is 6.32. The average Bonchev–Trinajstić information content (AvgIpc) is 2.64. The van der Waals surface area contributed by atoms with E-state index in [-0.39, 0.29) is 23.9 Å². The lowest BCUT2D eigenvalue weighted by Crippen LogP contribution is -2.26. The smallest absolute Gasteiger partial charge is 0.307 e. The number of unbranched alkanes of at least 4 members (excludes halogenated alkanes) is 2. The molecule has 0 unspecified atom stereocenters. The Morgan fingerprint density at radius 2 is 1.96 bits per heavy atom. The van der Waals surface area contributed by atoms with Gasteiger partial charge in [-0.1, -0.05) is 18.6 Å². The Bertz CT molecular complexity index is 904. The Balaban J connectivity index is 1.72. The van der Waals surface area contributed by atoms with E-state index < -0.39 is 0 Å². The van der Waals surface area contributed by atoms with Gasteiger partial charge in [-0.2, -0.15) is 0 Å². The number of ether oxygens (including phenoxy) is 1. The van der Waals surface area contributed by atoms with Gasteiger partial charge in [-0.05, 0) is 44.1 Å². The summed E-state index contributed by atoms with van der Waals surface area (Å²) < 4.78 is 6.77. The quantitative estimate of drug-likeness (QED) is 0.369. The highest BCUT2D eigenvalue weighted by Crippen LogP contribution is 2.07. The number of esters is 1. The van der Waals surface area contributed by atoms with Crippen LogP contribution in [0.15, 0.2) is 29.1 Å². The van der Waals surface area contributed by atoms with Crippen molar-refractivity contribution in [3.8, 4) is 0 Å². The molecule has 146 valence electrons. The normalized spacial score (nSPS) is 10.7. The van der Waals surface area contributed by atoms with Crippen LogP contribution in [0.3, 0.4) is 0 Å². The van der Waals surface area contributed by atoms with Gasteiger partial charge in [0.1, 0.15) is 0 Å². The van der Waals surface area contributed by atoms with Gasteiger partial charge in [0.05, 0.1) is 23.9 Å². The van der Waals surface area contributed by atoms with Crippen LogP contribution in [0, 0.1) is 4.77 Å². The number of hydrogen-bond acceptors (Lipinski definition) is 5. The van der Waals surface area contributed by atoms with E-state index >= 15 is 0 Å². The van der Waals surface area contributed by atoms with Crippen molar-refractivity contribution in [1.82, 2.24) is 14.9 Å². The maximum absolute atomic E-state index is 12.5. The molecule has 0 bridgehead atoms. The number of hydrogen-bond donors (Lipinski definition) is 2. The Hall–Kier alpha value is -2.48. The van der Waals surface area contributed by atoms with Crippen molar-refractivity contribution in [1.29, 1.82) is 0 Å². The van der Waals surface area contributed by atoms with Crippen molar-refractivity contribution in [3.63, 3.8) is 0 Å². The van der Waals surface area contributed by atoms with Crippen LogP contribution in [0.2, 0.25) is 0 Å². The minimum absolute atomic E-state index is 0.0838. The molecule has 0 saturated heterocycles. The van der Waals surface area contributed by atoms with Gasteiger partial charge in [-0.15, -0.1) is 0 Å². The molecule has 0 atom stereocenters. The first kappa shape index (κ1) is 20.8. The van der Waals surface area contributed by atoms with Crippen LogP contribution in [0.1, 0.15) is 39.0 Å². The Kier molecular flexibility index (Phi) is 8.19. The number of carbonyl (C=O) groups excluding carboxylic acids is 2. The summed E-state index contributed by atoms with van der Waals surface area (Å²) in [6.07, 6.45) is 2.85. The second-order valence-electron chi connectivity index (χ2n) is 6.15. The van der Waals surface area contributed by atoms with Crippen molar-refractivity contribution in [3.05, 3.63) is 39.4 Å². The zero-order chi connectivity index (χ0) is 19.6. The monoisotopic (exact) mass is 391 g/mol. The summed E-state index contributed by atoms with van der Waals surface area (Å²) in [5, 5.41) is 3.32. The Morgan fingerprint density at radius 3 is 2.74 bits per heavy atom. The number of fused-ring (bicyclic) bond motifs is 1. The summed E-state index contributed by atoms with van der Waals surface area (Å²) >= 11 is 5.28. The first-order valence-corrected chi connectivity index (χ1v) is 9.58. The van der Waals surface area contributed by atoms with Crippen LogP contribution in [-0.2, 0) is 20.9 Å². The predicted molar refractivity (Wildman–Crippen MR) is 106 cm³/mol. The minimum Gasteiger partial charge on any atom is -0.466 e. The highest BCUT2D eigenvalue weighted by Gasteiger charge is 2.06. The topological polar surface area (TPSA) is 93.2 Å². The predicted octanol–water partition coefficient (Wildman–Crippen LogP) is 2.69. The molecule has 1 aromatic heterocycles. The molecule has 1 aromatic carbocycles. The third-order valence-corrected chi connectivity index (χ3v) is 4.45. The summed E-state index contributed by atoms with van der Waals surface area (Å²) in [5.74, 6) is -0.394. The average molecular weight is 391 g/mol. The molecule has 2 aromatic rings. The molecule has 2 rings (SSSR count). The van der Waals surface area contributed by atoms with Crippen molar-refractivity contribution >= 4 is 35.0 Å². The Labute approximate surface area is 162 Å². The van der Waals surface area contributed by atoms with E-state index in [2.05, 4.69) is 10.3 Å². The molecule has 0 aliphatic heterocycles. The molecule has 1 amide bonds. The van der Waals surface area contributed by atoms with Crippen molar-refractivity contribution in [2.45, 2.75) is 45.6 Å². The van der Waals surface area contributed by atoms with E-state index in [1.54, 1.807) is 17.6 Å². The number of rotatable bonds is 10. The van der Waals surface area contributed by atoms with Crippen molar-refractivity contribution in [2.75, 3.05) is 13.2 Å². The highest BCUT2D eigenvalue weighted by atomic mass is 32.1. The number of aromatic nitrogens is 2. The number of amides is 1. The van der Waals surface area contributed by atoms with Crippen LogP contribution >= 0.6 is 12.2 Å². The zero-order valence-electron chi connectivity index (χ0n) is 15.5. The molecule has 0 fully saturated rings. The van der Waals surface area contributed by atoms with Gasteiger partial charge >= 0.3 is 5.97 Å². The second kappa shape index (κ2) is 10.6. The molecule has 0 saturated carbocycles. The fourth-order valence-corrected chi connectivity index (χ4v) is 3.04. The zero-order valence-corrected chi connectivity index (χ0v) is 16.3. The number of aromatic amines is 1. The molecule has 2 N–H and O–H groups in total. The number of H-pyrrole nitrogens is 1. The molecular weight excluding hydrogens is 366 g/mol. The van der Waals surface area contributed by atoms with Gasteiger partial charge in [-0.3, -0.25) is 19.0 Å². The number of benzene rings is 1. The summed E-state index contributed by atoms with van der Waals surface area (Å²) in [7, 11) is 0. The fraction of sp³-hybridized carbons (Fsp3) is 0.474. The number of para-hydroxylation sites is 1. The maximum atomic E-state index is 12.5. The molecular formula is C19H25N3O4S. The van der Waals surface area contributed by atoms with Crippen molar-refractivity contribution in [2.24, 2.45) is 0 Å². The largest absolute Gasteiger partial charge is 0.466 e. The number of carbonyl (C=O) groups is 2. The molecule has 8 heteroatoms. The van der Waals surface area contributed by atoms with Crippen LogP contribution < -0.4 is 10.9 Å². The maximum Gasteiger partial charge on any atom is 0.307 e. The van der Waals surface area contributed by atoms with Crippen LogP contribution in [0.4, 0.5) is 0 Å². The van der Waals surface area contributed by atoms with Gasteiger partial charge in [-0.25, -0.2) is 0 Å². The minimum atomic E-state index is -0.310. The lowest BCUT2D eigenvalue weighted by Gasteiger charge is -2.08. The van der Waals surface area contributed by atoms with Gasteiger partial charge in [0.2, 0.25) is 5.91 Å². The van der Waals surface area contributed by atoms with Crippen LogP contribution in [0.25, 0.3) is 10.9 Å². The lowest BCUT2D eigenvalue weighted by atomic mass is 10.2. The van der Waals surface area contributed by atoms with Crippen LogP contribution in [-0.4, -0.2) is 34.6 Å². The molecule has 7 nitrogen and oxygen atoms in total. The lowest BCUT2D eigenvalue weighted by molar-refractivity contribution is -0.143. The van der Waals surface area contributed by atoms with Crippen molar-refractivity contribution < 1.29 is 14.3 Å². The summed E-state index contributed by atoms with van der Waals surface area (Å²) in [6.45, 7) is 2.90. The number of nitrogens with zero attached hydrogens (tertiary/aromatic N) is 1. The molecule has 1 heterocycles. The van der Waals surface area contributed by atoms with E-state index in [1.807, 2.05) is 18.2 Å². The summed E-state index contributed by atoms with van der Waals surface area (Å²) in [6, 6.07) is 7.29. The summed E-state index contributed by atoms with van der Waals surface area (Å²) in [5.41, 5.74) is 0.647.